The highest BCUT2D eigenvalue weighted by atomic mass is 35.5. The van der Waals surface area contributed by atoms with Crippen molar-refractivity contribution in [3.8, 4) is 0 Å². The van der Waals surface area contributed by atoms with Gasteiger partial charge in [0.2, 0.25) is 0 Å². The first-order valence-electron chi connectivity index (χ1n) is 4.65. The number of nitrogens with zero attached hydrogens (tertiary/aromatic N) is 4. The number of rotatable bonds is 3. The first kappa shape index (κ1) is 10.7. The largest absolute Gasteiger partial charge is 0.393 e. The highest BCUT2D eigenvalue weighted by molar-refractivity contribution is 6.32. The van der Waals surface area contributed by atoms with Gasteiger partial charge in [-0.25, -0.2) is 9.97 Å². The third-order valence-electron chi connectivity index (χ3n) is 2.04. The summed E-state index contributed by atoms with van der Waals surface area (Å²) in [4.78, 5) is 7.76. The van der Waals surface area contributed by atoms with Gasteiger partial charge < -0.3 is 11.1 Å². The molecule has 16 heavy (non-hydrogen) atoms. The third-order valence-corrected chi connectivity index (χ3v) is 2.34. The van der Waals surface area contributed by atoms with Gasteiger partial charge in [0.15, 0.2) is 11.0 Å². The van der Waals surface area contributed by atoms with E-state index in [0.29, 0.717) is 18.1 Å². The molecule has 2 aromatic heterocycles. The van der Waals surface area contributed by atoms with Crippen LogP contribution in [0.25, 0.3) is 0 Å². The molecule has 0 spiro atoms. The smallest absolute Gasteiger partial charge is 0.157 e. The third kappa shape index (κ3) is 2.22. The Morgan fingerprint density at radius 1 is 1.50 bits per heavy atom. The molecule has 0 saturated heterocycles. The fraction of sp³-hybridized carbons (Fsp3) is 0.222. The average molecular weight is 239 g/mol. The summed E-state index contributed by atoms with van der Waals surface area (Å²) in [7, 11) is 1.86. The summed E-state index contributed by atoms with van der Waals surface area (Å²) in [5.74, 6) is 0.519. The SMILES string of the molecule is Cn1ccc(CNc2ncnc(Cl)c2N)n1. The monoisotopic (exact) mass is 238 g/mol. The Hall–Kier alpha value is -1.82. The van der Waals surface area contributed by atoms with Crippen LogP contribution in [-0.2, 0) is 13.6 Å². The standard InChI is InChI=1S/C9H11ClN6/c1-16-3-2-6(15-16)4-12-9-7(11)8(10)13-5-14-9/h2-3,5H,4,11H2,1H3,(H,12,13,14). The summed E-state index contributed by atoms with van der Waals surface area (Å²) in [5.41, 5.74) is 6.95. The maximum Gasteiger partial charge on any atom is 0.157 e. The normalized spacial score (nSPS) is 10.4. The van der Waals surface area contributed by atoms with Gasteiger partial charge in [-0.2, -0.15) is 5.10 Å². The van der Waals surface area contributed by atoms with E-state index >= 15 is 0 Å². The van der Waals surface area contributed by atoms with Gasteiger partial charge in [0.25, 0.3) is 0 Å². The molecule has 0 aromatic carbocycles. The molecule has 2 aromatic rings. The molecule has 0 fully saturated rings. The molecule has 7 heteroatoms. The molecule has 0 aliphatic carbocycles. The van der Waals surface area contributed by atoms with Crippen LogP contribution in [0.15, 0.2) is 18.6 Å². The van der Waals surface area contributed by atoms with E-state index < -0.39 is 0 Å². The molecule has 0 radical (unpaired) electrons. The van der Waals surface area contributed by atoms with Crippen molar-refractivity contribution in [1.29, 1.82) is 0 Å². The number of nitrogens with two attached hydrogens (primary N) is 1. The van der Waals surface area contributed by atoms with Gasteiger partial charge in [-0.05, 0) is 6.07 Å². The van der Waals surface area contributed by atoms with Crippen LogP contribution in [0.3, 0.4) is 0 Å². The lowest BCUT2D eigenvalue weighted by Gasteiger charge is -2.06. The van der Waals surface area contributed by atoms with Crippen molar-refractivity contribution < 1.29 is 0 Å². The Balaban J connectivity index is 2.07. The Morgan fingerprint density at radius 2 is 2.31 bits per heavy atom. The van der Waals surface area contributed by atoms with Crippen molar-refractivity contribution >= 4 is 23.1 Å². The number of aryl methyl sites for hydroxylation is 1. The van der Waals surface area contributed by atoms with Crippen molar-refractivity contribution in [3.05, 3.63) is 29.4 Å². The quantitative estimate of drug-likeness (QED) is 0.782. The van der Waals surface area contributed by atoms with Gasteiger partial charge in [-0.1, -0.05) is 11.6 Å². The Kier molecular flexibility index (Phi) is 2.91. The van der Waals surface area contributed by atoms with Crippen molar-refractivity contribution in [2.24, 2.45) is 7.05 Å². The number of hydrogen-bond donors (Lipinski definition) is 2. The first-order chi connectivity index (χ1) is 7.66. The van der Waals surface area contributed by atoms with Gasteiger partial charge in [-0.15, -0.1) is 0 Å². The second-order valence-electron chi connectivity index (χ2n) is 3.26. The second-order valence-corrected chi connectivity index (χ2v) is 3.62. The van der Waals surface area contributed by atoms with Gasteiger partial charge in [0, 0.05) is 13.2 Å². The van der Waals surface area contributed by atoms with Crippen LogP contribution in [0.4, 0.5) is 11.5 Å². The van der Waals surface area contributed by atoms with Crippen LogP contribution in [0.2, 0.25) is 5.15 Å². The lowest BCUT2D eigenvalue weighted by atomic mass is 10.4. The molecule has 0 amide bonds. The van der Waals surface area contributed by atoms with Crippen LogP contribution < -0.4 is 11.1 Å². The van der Waals surface area contributed by atoms with Crippen LogP contribution >= 0.6 is 11.6 Å². The van der Waals surface area contributed by atoms with E-state index in [4.69, 9.17) is 17.3 Å². The summed E-state index contributed by atoms with van der Waals surface area (Å²) in [6, 6.07) is 1.91. The molecule has 84 valence electrons. The van der Waals surface area contributed by atoms with Gasteiger partial charge in [0.1, 0.15) is 12.0 Å². The topological polar surface area (TPSA) is 81.7 Å². The molecule has 6 nitrogen and oxygen atoms in total. The molecule has 0 atom stereocenters. The van der Waals surface area contributed by atoms with E-state index in [2.05, 4.69) is 20.4 Å². The van der Waals surface area contributed by atoms with Gasteiger partial charge in [-0.3, -0.25) is 4.68 Å². The fourth-order valence-electron chi connectivity index (χ4n) is 1.25. The van der Waals surface area contributed by atoms with E-state index in [1.54, 1.807) is 4.68 Å². The number of halogens is 1. The molecule has 0 aliphatic heterocycles. The number of nitrogen functional groups attached to an aromatic ring is 1. The zero-order valence-electron chi connectivity index (χ0n) is 8.68. The maximum atomic E-state index is 5.76. The minimum absolute atomic E-state index is 0.249. The molecule has 2 rings (SSSR count). The second kappa shape index (κ2) is 4.36. The van der Waals surface area contributed by atoms with Gasteiger partial charge >= 0.3 is 0 Å². The molecule has 0 bridgehead atoms. The van der Waals surface area contributed by atoms with Crippen LogP contribution in [0.1, 0.15) is 5.69 Å². The summed E-state index contributed by atoms with van der Waals surface area (Å²) < 4.78 is 1.73. The van der Waals surface area contributed by atoms with E-state index in [0.717, 1.165) is 5.69 Å². The molecule has 0 aliphatic rings. The number of nitrogens with one attached hydrogen (secondary N) is 1. The predicted molar refractivity (Wildman–Crippen MR) is 62.0 cm³/mol. The van der Waals surface area contributed by atoms with E-state index in [9.17, 15) is 0 Å². The Labute approximate surface area is 97.5 Å². The number of anilines is 2. The Morgan fingerprint density at radius 3 is 3.00 bits per heavy atom. The molecular formula is C9H11ClN6. The molecule has 0 unspecified atom stereocenters. The van der Waals surface area contributed by atoms with E-state index in [1.165, 1.54) is 6.33 Å². The van der Waals surface area contributed by atoms with Crippen molar-refractivity contribution in [2.75, 3.05) is 11.1 Å². The summed E-state index contributed by atoms with van der Waals surface area (Å²) in [6.07, 6.45) is 3.23. The molecular weight excluding hydrogens is 228 g/mol. The lowest BCUT2D eigenvalue weighted by Crippen LogP contribution is -2.06. The lowest BCUT2D eigenvalue weighted by molar-refractivity contribution is 0.747. The van der Waals surface area contributed by atoms with Crippen molar-refractivity contribution in [2.45, 2.75) is 6.54 Å². The first-order valence-corrected chi connectivity index (χ1v) is 5.03. The zero-order chi connectivity index (χ0) is 11.5. The number of hydrogen-bond acceptors (Lipinski definition) is 5. The van der Waals surface area contributed by atoms with Crippen molar-refractivity contribution in [1.82, 2.24) is 19.7 Å². The predicted octanol–water partition coefficient (Wildman–Crippen LogP) is 1.06. The molecule has 2 heterocycles. The van der Waals surface area contributed by atoms with Crippen LogP contribution in [0.5, 0.6) is 0 Å². The van der Waals surface area contributed by atoms with Crippen LogP contribution in [-0.4, -0.2) is 19.7 Å². The minimum atomic E-state index is 0.249. The summed E-state index contributed by atoms with van der Waals surface area (Å²) >= 11 is 5.76. The summed E-state index contributed by atoms with van der Waals surface area (Å²) in [5, 5.41) is 7.51. The zero-order valence-corrected chi connectivity index (χ0v) is 9.44. The summed E-state index contributed by atoms with van der Waals surface area (Å²) in [6.45, 7) is 0.540. The fourth-order valence-corrected chi connectivity index (χ4v) is 1.38. The van der Waals surface area contributed by atoms with Gasteiger partial charge in [0.05, 0.1) is 12.2 Å². The molecule has 0 saturated carbocycles. The van der Waals surface area contributed by atoms with E-state index in [1.807, 2.05) is 19.3 Å². The maximum absolute atomic E-state index is 5.76. The molecule has 3 N–H and O–H groups in total. The number of aromatic nitrogens is 4. The average Bonchev–Trinajstić information content (AvgIpc) is 2.67. The van der Waals surface area contributed by atoms with Crippen molar-refractivity contribution in [3.63, 3.8) is 0 Å². The minimum Gasteiger partial charge on any atom is -0.393 e. The Bertz CT molecular complexity index is 494. The van der Waals surface area contributed by atoms with E-state index in [-0.39, 0.29) is 5.15 Å². The highest BCUT2D eigenvalue weighted by Crippen LogP contribution is 2.21. The van der Waals surface area contributed by atoms with Crippen LogP contribution in [0, 0.1) is 0 Å². The highest BCUT2D eigenvalue weighted by Gasteiger charge is 2.05.